The third-order valence-electron chi connectivity index (χ3n) is 4.06. The van der Waals surface area contributed by atoms with Crippen LogP contribution in [0.5, 0.6) is 0 Å². The summed E-state index contributed by atoms with van der Waals surface area (Å²) in [5.74, 6) is -1.10. The number of hydrogen-bond acceptors (Lipinski definition) is 4. The van der Waals surface area contributed by atoms with Gasteiger partial charge in [-0.2, -0.15) is 14.8 Å². The first-order chi connectivity index (χ1) is 12.0. The quantitative estimate of drug-likeness (QED) is 0.613. The lowest BCUT2D eigenvalue weighted by Crippen LogP contribution is -2.03. The lowest BCUT2D eigenvalue weighted by molar-refractivity contribution is 0.0690. The van der Waals surface area contributed by atoms with Crippen molar-refractivity contribution in [3.63, 3.8) is 0 Å². The van der Waals surface area contributed by atoms with E-state index in [1.807, 2.05) is 56.3 Å². The number of carbonyl (C=O) groups is 1. The fourth-order valence-corrected chi connectivity index (χ4v) is 2.79. The van der Waals surface area contributed by atoms with Crippen molar-refractivity contribution < 1.29 is 14.3 Å². The molecular weight excluding hydrogens is 318 g/mol. The minimum atomic E-state index is -1.10. The van der Waals surface area contributed by atoms with Crippen LogP contribution in [0.25, 0.3) is 28.4 Å². The number of aromatic nitrogens is 3. The zero-order valence-corrected chi connectivity index (χ0v) is 13.7. The molecule has 4 aromatic rings. The molecule has 0 aliphatic carbocycles. The van der Waals surface area contributed by atoms with E-state index in [0.717, 1.165) is 16.7 Å². The summed E-state index contributed by atoms with van der Waals surface area (Å²) in [7, 11) is 0. The van der Waals surface area contributed by atoms with E-state index in [2.05, 4.69) is 10.1 Å². The van der Waals surface area contributed by atoms with Gasteiger partial charge in [-0.1, -0.05) is 29.8 Å². The normalized spacial score (nSPS) is 11.1. The van der Waals surface area contributed by atoms with Crippen LogP contribution >= 0.6 is 0 Å². The Hall–Kier alpha value is -3.41. The third kappa shape index (κ3) is 2.57. The van der Waals surface area contributed by atoms with Gasteiger partial charge in [0.25, 0.3) is 0 Å². The van der Waals surface area contributed by atoms with Gasteiger partial charge in [0.1, 0.15) is 5.52 Å². The Kier molecular flexibility index (Phi) is 3.39. The van der Waals surface area contributed by atoms with Crippen LogP contribution in [0.1, 0.15) is 21.6 Å². The Morgan fingerprint density at radius 2 is 1.92 bits per heavy atom. The fourth-order valence-electron chi connectivity index (χ4n) is 2.79. The predicted molar refractivity (Wildman–Crippen MR) is 93.0 cm³/mol. The van der Waals surface area contributed by atoms with Gasteiger partial charge in [0, 0.05) is 5.56 Å². The predicted octanol–water partition coefficient (Wildman–Crippen LogP) is 4.00. The molecule has 2 aromatic heterocycles. The number of nitrogens with zero attached hydrogens (tertiary/aromatic N) is 3. The molecule has 6 heteroatoms. The second-order valence-corrected chi connectivity index (χ2v) is 5.91. The maximum absolute atomic E-state index is 11.4. The molecule has 0 fully saturated rings. The van der Waals surface area contributed by atoms with E-state index >= 15 is 0 Å². The summed E-state index contributed by atoms with van der Waals surface area (Å²) >= 11 is 0. The average Bonchev–Trinajstić information content (AvgIpc) is 3.20. The van der Waals surface area contributed by atoms with E-state index in [1.54, 1.807) is 6.07 Å². The molecule has 4 rings (SSSR count). The van der Waals surface area contributed by atoms with Gasteiger partial charge in [0.15, 0.2) is 11.3 Å². The highest BCUT2D eigenvalue weighted by molar-refractivity contribution is 5.87. The van der Waals surface area contributed by atoms with Gasteiger partial charge >= 0.3 is 12.0 Å². The molecule has 0 spiro atoms. The zero-order chi connectivity index (χ0) is 17.6. The molecule has 25 heavy (non-hydrogen) atoms. The summed E-state index contributed by atoms with van der Waals surface area (Å²) in [6.07, 6.45) is 0. The monoisotopic (exact) mass is 333 g/mol. The highest BCUT2D eigenvalue weighted by atomic mass is 16.4. The Morgan fingerprint density at radius 1 is 1.12 bits per heavy atom. The number of benzene rings is 2. The number of carboxylic acid groups (broad SMARTS) is 1. The van der Waals surface area contributed by atoms with Crippen molar-refractivity contribution in [1.82, 2.24) is 14.8 Å². The van der Waals surface area contributed by atoms with E-state index in [1.165, 1.54) is 4.68 Å². The fraction of sp³-hybridized carbons (Fsp3) is 0.105. The van der Waals surface area contributed by atoms with Gasteiger partial charge in [0.2, 0.25) is 0 Å². The summed E-state index contributed by atoms with van der Waals surface area (Å²) in [5.41, 5.74) is 4.86. The molecule has 1 N–H and O–H groups in total. The van der Waals surface area contributed by atoms with Crippen LogP contribution in [-0.4, -0.2) is 25.8 Å². The summed E-state index contributed by atoms with van der Waals surface area (Å²) < 4.78 is 7.23. The second-order valence-electron chi connectivity index (χ2n) is 5.91. The van der Waals surface area contributed by atoms with Crippen LogP contribution in [0, 0.1) is 13.8 Å². The van der Waals surface area contributed by atoms with Crippen LogP contribution in [0.15, 0.2) is 52.9 Å². The summed E-state index contributed by atoms with van der Waals surface area (Å²) in [5, 5.41) is 13.5. The first-order valence-corrected chi connectivity index (χ1v) is 7.80. The van der Waals surface area contributed by atoms with Crippen LogP contribution in [0.4, 0.5) is 0 Å². The molecule has 0 saturated carbocycles. The molecule has 124 valence electrons. The molecule has 2 aromatic carbocycles. The van der Waals surface area contributed by atoms with Gasteiger partial charge < -0.3 is 9.52 Å². The van der Waals surface area contributed by atoms with Crippen molar-refractivity contribution >= 4 is 17.1 Å². The van der Waals surface area contributed by atoms with Gasteiger partial charge in [-0.15, -0.1) is 0 Å². The lowest BCUT2D eigenvalue weighted by atomic mass is 10.0. The molecular formula is C19H15N3O3. The van der Waals surface area contributed by atoms with Crippen LogP contribution < -0.4 is 0 Å². The van der Waals surface area contributed by atoms with Crippen molar-refractivity contribution in [1.29, 1.82) is 0 Å². The van der Waals surface area contributed by atoms with Gasteiger partial charge in [-0.05, 0) is 43.7 Å². The largest absolute Gasteiger partial charge is 0.476 e. The average molecular weight is 333 g/mol. The summed E-state index contributed by atoms with van der Waals surface area (Å²) in [6, 6.07) is 15.2. The SMILES string of the molecule is Cc1ccc(C)c(-c2cc(C(=O)O)nn2-c2nc3ccccc3o2)c1. The number of aryl methyl sites for hydroxylation is 2. The zero-order valence-electron chi connectivity index (χ0n) is 13.7. The van der Waals surface area contributed by atoms with Gasteiger partial charge in [0.05, 0.1) is 5.69 Å². The van der Waals surface area contributed by atoms with E-state index in [9.17, 15) is 9.90 Å². The molecule has 0 bridgehead atoms. The molecule has 0 aliphatic heterocycles. The molecule has 2 heterocycles. The summed E-state index contributed by atoms with van der Waals surface area (Å²) in [6.45, 7) is 3.96. The third-order valence-corrected chi connectivity index (χ3v) is 4.06. The molecule has 0 atom stereocenters. The molecule has 0 unspecified atom stereocenters. The van der Waals surface area contributed by atoms with Crippen molar-refractivity contribution in [2.75, 3.05) is 0 Å². The maximum Gasteiger partial charge on any atom is 0.356 e. The number of carboxylic acids is 1. The Morgan fingerprint density at radius 3 is 2.68 bits per heavy atom. The van der Waals surface area contributed by atoms with E-state index < -0.39 is 5.97 Å². The highest BCUT2D eigenvalue weighted by Crippen LogP contribution is 2.29. The highest BCUT2D eigenvalue weighted by Gasteiger charge is 2.20. The Labute approximate surface area is 143 Å². The molecule has 0 radical (unpaired) electrons. The number of fused-ring (bicyclic) bond motifs is 1. The molecule has 0 aliphatic rings. The van der Waals surface area contributed by atoms with Crippen LogP contribution in [0.2, 0.25) is 0 Å². The van der Waals surface area contributed by atoms with E-state index in [4.69, 9.17) is 4.42 Å². The number of oxazole rings is 1. The number of para-hydroxylation sites is 2. The van der Waals surface area contributed by atoms with Crippen molar-refractivity contribution in [3.8, 4) is 17.3 Å². The first kappa shape index (κ1) is 15.1. The standard InChI is InChI=1S/C19H15N3O3/c1-11-7-8-12(2)13(9-11)16-10-15(18(23)24)21-22(16)19-20-14-5-3-4-6-17(14)25-19/h3-10H,1-2H3,(H,23,24). The minimum absolute atomic E-state index is 0.0573. The number of rotatable bonds is 3. The number of hydrogen-bond donors (Lipinski definition) is 1. The van der Waals surface area contributed by atoms with Crippen LogP contribution in [0.3, 0.4) is 0 Å². The second kappa shape index (κ2) is 5.59. The Bertz CT molecular complexity index is 1080. The van der Waals surface area contributed by atoms with Crippen LogP contribution in [-0.2, 0) is 0 Å². The lowest BCUT2D eigenvalue weighted by Gasteiger charge is -2.08. The number of aromatic carboxylic acids is 1. The van der Waals surface area contributed by atoms with Gasteiger partial charge in [-0.25, -0.2) is 4.79 Å². The molecule has 6 nitrogen and oxygen atoms in total. The van der Waals surface area contributed by atoms with Crippen molar-refractivity contribution in [2.45, 2.75) is 13.8 Å². The van der Waals surface area contributed by atoms with E-state index in [0.29, 0.717) is 16.8 Å². The van der Waals surface area contributed by atoms with E-state index in [-0.39, 0.29) is 11.7 Å². The topological polar surface area (TPSA) is 81.1 Å². The Balaban J connectivity index is 1.98. The van der Waals surface area contributed by atoms with Crippen molar-refractivity contribution in [3.05, 3.63) is 65.4 Å². The minimum Gasteiger partial charge on any atom is -0.476 e. The smallest absolute Gasteiger partial charge is 0.356 e. The maximum atomic E-state index is 11.4. The first-order valence-electron chi connectivity index (χ1n) is 7.80. The van der Waals surface area contributed by atoms with Crippen molar-refractivity contribution in [2.24, 2.45) is 0 Å². The molecule has 0 amide bonds. The summed E-state index contributed by atoms with van der Waals surface area (Å²) in [4.78, 5) is 15.9. The molecule has 0 saturated heterocycles. The van der Waals surface area contributed by atoms with Gasteiger partial charge in [-0.3, -0.25) is 0 Å².